The molecule has 36 heavy (non-hydrogen) atoms. The molecule has 1 aromatic carbocycles. The predicted molar refractivity (Wildman–Crippen MR) is 133 cm³/mol. The van der Waals surface area contributed by atoms with Crippen molar-refractivity contribution in [2.75, 3.05) is 32.7 Å². The molecule has 2 fully saturated rings. The standard InChI is InChI=1S/C26H33N7O3/c34-24(35)18-31-12-5-26(6-13-31)7-14-32(19-26)15-20-1-3-21(4-2-20)25(36)33(16-22-27-8-9-28-22)17-23-29-10-11-30-23/h1-4,8-11H,5-7,12-19H2,(H,27,28)(H,29,30)(H,34,35). The summed E-state index contributed by atoms with van der Waals surface area (Å²) in [6.45, 7) is 5.58. The number of nitrogens with zero attached hydrogens (tertiary/aromatic N) is 5. The number of carboxylic acids is 1. The van der Waals surface area contributed by atoms with Crippen LogP contribution in [0, 0.1) is 5.41 Å². The molecule has 1 spiro atoms. The van der Waals surface area contributed by atoms with Gasteiger partial charge in [0.25, 0.3) is 5.91 Å². The lowest BCUT2D eigenvalue weighted by Crippen LogP contribution is -2.43. The van der Waals surface area contributed by atoms with E-state index in [-0.39, 0.29) is 12.5 Å². The Bertz CT molecular complexity index is 1100. The van der Waals surface area contributed by atoms with Gasteiger partial charge in [-0.2, -0.15) is 0 Å². The van der Waals surface area contributed by atoms with Gasteiger partial charge in [0.2, 0.25) is 0 Å². The van der Waals surface area contributed by atoms with Crippen molar-refractivity contribution < 1.29 is 14.7 Å². The molecule has 0 atom stereocenters. The first kappa shape index (κ1) is 24.2. The SMILES string of the molecule is O=C(O)CN1CCC2(CC1)CCN(Cc1ccc(C(=O)N(Cc3ncc[nH]3)Cc3ncc[nH]3)cc1)C2. The molecule has 3 N–H and O–H groups in total. The minimum atomic E-state index is -0.744. The zero-order valence-electron chi connectivity index (χ0n) is 20.4. The van der Waals surface area contributed by atoms with E-state index in [1.165, 1.54) is 12.0 Å². The van der Waals surface area contributed by atoms with Gasteiger partial charge in [0, 0.05) is 43.4 Å². The Balaban J connectivity index is 1.18. The van der Waals surface area contributed by atoms with Crippen LogP contribution in [0.15, 0.2) is 49.1 Å². The average Bonchev–Trinajstić information content (AvgIpc) is 3.64. The first-order chi connectivity index (χ1) is 17.5. The third-order valence-corrected chi connectivity index (χ3v) is 7.48. The second kappa shape index (κ2) is 10.6. The van der Waals surface area contributed by atoms with E-state index in [0.717, 1.165) is 57.2 Å². The van der Waals surface area contributed by atoms with E-state index in [1.807, 2.05) is 29.2 Å². The summed E-state index contributed by atoms with van der Waals surface area (Å²) in [5.74, 6) is 0.639. The van der Waals surface area contributed by atoms with E-state index >= 15 is 0 Å². The topological polar surface area (TPSA) is 121 Å². The van der Waals surface area contributed by atoms with Gasteiger partial charge < -0.3 is 20.0 Å². The van der Waals surface area contributed by atoms with E-state index in [9.17, 15) is 9.59 Å². The number of benzene rings is 1. The van der Waals surface area contributed by atoms with Crippen molar-refractivity contribution in [2.45, 2.75) is 38.9 Å². The molecule has 0 unspecified atom stereocenters. The quantitative estimate of drug-likeness (QED) is 0.420. The number of H-pyrrole nitrogens is 2. The van der Waals surface area contributed by atoms with Crippen LogP contribution >= 0.6 is 0 Å². The molecule has 10 nitrogen and oxygen atoms in total. The van der Waals surface area contributed by atoms with Crippen LogP contribution in [-0.4, -0.2) is 84.3 Å². The average molecular weight is 492 g/mol. The summed E-state index contributed by atoms with van der Waals surface area (Å²) < 4.78 is 0. The molecule has 1 amide bonds. The van der Waals surface area contributed by atoms with Crippen LogP contribution in [0.25, 0.3) is 0 Å². The third kappa shape index (κ3) is 5.83. The Morgan fingerprint density at radius 3 is 2.03 bits per heavy atom. The van der Waals surface area contributed by atoms with Gasteiger partial charge >= 0.3 is 5.97 Å². The Labute approximate surface area is 210 Å². The second-order valence-electron chi connectivity index (χ2n) is 10.1. The molecular formula is C26H33N7O3. The van der Waals surface area contributed by atoms with Gasteiger partial charge in [-0.3, -0.25) is 19.4 Å². The smallest absolute Gasteiger partial charge is 0.317 e. The lowest BCUT2D eigenvalue weighted by atomic mass is 9.78. The molecule has 2 aromatic heterocycles. The number of piperidine rings is 1. The molecule has 190 valence electrons. The fourth-order valence-corrected chi connectivity index (χ4v) is 5.47. The minimum Gasteiger partial charge on any atom is -0.480 e. The van der Waals surface area contributed by atoms with Gasteiger partial charge in [-0.15, -0.1) is 0 Å². The van der Waals surface area contributed by atoms with Crippen molar-refractivity contribution in [2.24, 2.45) is 5.41 Å². The van der Waals surface area contributed by atoms with Crippen molar-refractivity contribution in [1.82, 2.24) is 34.6 Å². The number of hydrogen-bond donors (Lipinski definition) is 3. The monoisotopic (exact) mass is 491 g/mol. The van der Waals surface area contributed by atoms with Crippen molar-refractivity contribution in [3.63, 3.8) is 0 Å². The molecule has 0 saturated carbocycles. The van der Waals surface area contributed by atoms with Gasteiger partial charge in [-0.1, -0.05) is 12.1 Å². The predicted octanol–water partition coefficient (Wildman–Crippen LogP) is 2.35. The van der Waals surface area contributed by atoms with Crippen molar-refractivity contribution in [1.29, 1.82) is 0 Å². The number of amides is 1. The molecule has 0 aliphatic carbocycles. The Hall–Kier alpha value is -3.50. The number of nitrogens with one attached hydrogen (secondary N) is 2. The normalized spacial score (nSPS) is 18.0. The summed E-state index contributed by atoms with van der Waals surface area (Å²) in [7, 11) is 0. The number of carboxylic acid groups (broad SMARTS) is 1. The number of aromatic nitrogens is 4. The summed E-state index contributed by atoms with van der Waals surface area (Å²) in [5.41, 5.74) is 2.14. The van der Waals surface area contributed by atoms with Gasteiger partial charge in [0.15, 0.2) is 0 Å². The number of aliphatic carboxylic acids is 1. The van der Waals surface area contributed by atoms with Crippen LogP contribution in [0.3, 0.4) is 0 Å². The molecular weight excluding hydrogens is 458 g/mol. The Kier molecular flexibility index (Phi) is 7.15. The third-order valence-electron chi connectivity index (χ3n) is 7.48. The summed E-state index contributed by atoms with van der Waals surface area (Å²) in [4.78, 5) is 45.3. The maximum Gasteiger partial charge on any atom is 0.317 e. The van der Waals surface area contributed by atoms with Crippen LogP contribution in [0.2, 0.25) is 0 Å². The molecule has 2 aliphatic rings. The molecule has 2 aliphatic heterocycles. The first-order valence-corrected chi connectivity index (χ1v) is 12.5. The molecule has 3 aromatic rings. The van der Waals surface area contributed by atoms with E-state index < -0.39 is 5.97 Å². The van der Waals surface area contributed by atoms with Crippen molar-refractivity contribution >= 4 is 11.9 Å². The van der Waals surface area contributed by atoms with E-state index in [4.69, 9.17) is 5.11 Å². The molecule has 2 saturated heterocycles. The fraction of sp³-hybridized carbons (Fsp3) is 0.462. The summed E-state index contributed by atoms with van der Waals surface area (Å²) in [5, 5.41) is 9.05. The lowest BCUT2D eigenvalue weighted by Gasteiger charge is -2.38. The van der Waals surface area contributed by atoms with Gasteiger partial charge in [0.05, 0.1) is 19.6 Å². The highest BCUT2D eigenvalue weighted by Gasteiger charge is 2.40. The zero-order valence-corrected chi connectivity index (χ0v) is 20.4. The van der Waals surface area contributed by atoms with Gasteiger partial charge in [0.1, 0.15) is 11.6 Å². The van der Waals surface area contributed by atoms with E-state index in [1.54, 1.807) is 29.7 Å². The molecule has 0 radical (unpaired) electrons. The highest BCUT2D eigenvalue weighted by atomic mass is 16.4. The summed E-state index contributed by atoms with van der Waals surface area (Å²) >= 11 is 0. The van der Waals surface area contributed by atoms with Gasteiger partial charge in [-0.05, 0) is 62.0 Å². The van der Waals surface area contributed by atoms with Crippen LogP contribution in [-0.2, 0) is 24.4 Å². The summed E-state index contributed by atoms with van der Waals surface area (Å²) in [6, 6.07) is 7.91. The van der Waals surface area contributed by atoms with Crippen molar-refractivity contribution in [3.8, 4) is 0 Å². The Morgan fingerprint density at radius 1 is 0.917 bits per heavy atom. The van der Waals surface area contributed by atoms with Gasteiger partial charge in [-0.25, -0.2) is 9.97 Å². The second-order valence-corrected chi connectivity index (χ2v) is 10.1. The maximum absolute atomic E-state index is 13.3. The van der Waals surface area contributed by atoms with Crippen LogP contribution in [0.5, 0.6) is 0 Å². The van der Waals surface area contributed by atoms with Crippen molar-refractivity contribution in [3.05, 3.63) is 71.8 Å². The number of imidazole rings is 2. The lowest BCUT2D eigenvalue weighted by molar-refractivity contribution is -0.138. The number of carbonyl (C=O) groups excluding carboxylic acids is 1. The number of rotatable bonds is 9. The molecule has 10 heteroatoms. The van der Waals surface area contributed by atoms with E-state index in [2.05, 4.69) is 24.8 Å². The summed E-state index contributed by atoms with van der Waals surface area (Å²) in [6.07, 6.45) is 10.2. The largest absolute Gasteiger partial charge is 0.480 e. The highest BCUT2D eigenvalue weighted by molar-refractivity contribution is 5.94. The molecule has 5 rings (SSSR count). The fourth-order valence-electron chi connectivity index (χ4n) is 5.47. The zero-order chi connectivity index (χ0) is 25.0. The highest BCUT2D eigenvalue weighted by Crippen LogP contribution is 2.40. The first-order valence-electron chi connectivity index (χ1n) is 12.5. The number of aromatic amines is 2. The maximum atomic E-state index is 13.3. The van der Waals surface area contributed by atoms with Crippen LogP contribution < -0.4 is 0 Å². The minimum absolute atomic E-state index is 0.0670. The van der Waals surface area contributed by atoms with Crippen LogP contribution in [0.4, 0.5) is 0 Å². The van der Waals surface area contributed by atoms with E-state index in [0.29, 0.717) is 24.1 Å². The number of likely N-dealkylation sites (tertiary alicyclic amines) is 2. The molecule has 4 heterocycles. The Morgan fingerprint density at radius 2 is 1.50 bits per heavy atom. The molecule has 0 bridgehead atoms. The van der Waals surface area contributed by atoms with Crippen LogP contribution in [0.1, 0.15) is 46.8 Å². The number of hydrogen-bond acceptors (Lipinski definition) is 6. The number of carbonyl (C=O) groups is 2.